The molecule has 1 amide bonds. The van der Waals surface area contributed by atoms with Gasteiger partial charge in [0.25, 0.3) is 5.69 Å². The second-order valence-electron chi connectivity index (χ2n) is 10.4. The largest absolute Gasteiger partial charge is 0.469 e. The molecule has 0 saturated carbocycles. The molecule has 0 radical (unpaired) electrons. The number of nitriles is 1. The number of nitro benzene ring substituents is 1. The molecule has 2 aromatic carbocycles. The Hall–Kier alpha value is -4.25. The molecule has 3 rings (SSSR count). The van der Waals surface area contributed by atoms with Crippen molar-refractivity contribution in [3.63, 3.8) is 0 Å². The lowest BCUT2D eigenvalue weighted by molar-refractivity contribution is -0.385. The molecule has 0 aliphatic rings. The number of nitrogens with zero attached hydrogens (tertiary/aromatic N) is 2. The number of rotatable bonds is 15. The zero-order valence-corrected chi connectivity index (χ0v) is 24.1. The third-order valence-corrected chi connectivity index (χ3v) is 9.11. The molecule has 0 fully saturated rings. The number of carbonyl (C=O) groups excluding carboxylic acids is 1. The number of unbranched alkanes of at least 4 members (excludes halogenated alkanes) is 1. The number of aliphatic hydroxyl groups is 1. The number of hydrogen-bond donors (Lipinski definition) is 3. The zero-order chi connectivity index (χ0) is 30.8. The molecular formula is C29H34N4O8S. The highest BCUT2D eigenvalue weighted by Crippen LogP contribution is 2.35. The molecule has 1 heterocycles. The van der Waals surface area contributed by atoms with Crippen LogP contribution in [0.2, 0.25) is 0 Å². The van der Waals surface area contributed by atoms with Gasteiger partial charge in [-0.1, -0.05) is 50.2 Å². The number of sulfone groups is 1. The van der Waals surface area contributed by atoms with Gasteiger partial charge in [-0.3, -0.25) is 15.4 Å². The van der Waals surface area contributed by atoms with Crippen LogP contribution >= 0.6 is 0 Å². The van der Waals surface area contributed by atoms with Crippen LogP contribution in [0, 0.1) is 26.9 Å². The monoisotopic (exact) mass is 598 g/mol. The normalized spacial score (nSPS) is 13.9. The van der Waals surface area contributed by atoms with E-state index in [2.05, 4.69) is 10.6 Å². The lowest BCUT2D eigenvalue weighted by Crippen LogP contribution is -2.54. The van der Waals surface area contributed by atoms with Crippen molar-refractivity contribution >= 4 is 21.6 Å². The third-order valence-electron chi connectivity index (χ3n) is 6.77. The predicted octanol–water partition coefficient (Wildman–Crippen LogP) is 4.36. The molecular weight excluding hydrogens is 564 g/mol. The quantitative estimate of drug-likeness (QED) is 0.129. The fourth-order valence-corrected chi connectivity index (χ4v) is 6.69. The number of furan rings is 1. The Morgan fingerprint density at radius 2 is 1.93 bits per heavy atom. The second kappa shape index (κ2) is 14.6. The van der Waals surface area contributed by atoms with Crippen molar-refractivity contribution in [3.8, 4) is 11.8 Å². The van der Waals surface area contributed by atoms with Crippen molar-refractivity contribution in [3.05, 3.63) is 88.9 Å². The van der Waals surface area contributed by atoms with Crippen molar-refractivity contribution in [1.82, 2.24) is 10.6 Å². The molecule has 3 atom stereocenters. The van der Waals surface area contributed by atoms with Gasteiger partial charge in [0.2, 0.25) is 0 Å². The van der Waals surface area contributed by atoms with Crippen LogP contribution in [0.25, 0.3) is 0 Å². The number of aliphatic hydroxyl groups excluding tert-OH is 1. The average Bonchev–Trinajstić information content (AvgIpc) is 3.46. The van der Waals surface area contributed by atoms with Gasteiger partial charge in [0.1, 0.15) is 11.6 Å². The summed E-state index contributed by atoms with van der Waals surface area (Å²) in [6.45, 7) is 3.17. The fraction of sp³-hybridized carbons (Fsp3) is 0.379. The number of nitro groups is 1. The fourth-order valence-electron chi connectivity index (χ4n) is 4.59. The van der Waals surface area contributed by atoms with Crippen molar-refractivity contribution in [2.75, 3.05) is 6.54 Å². The van der Waals surface area contributed by atoms with Crippen LogP contribution in [-0.2, 0) is 16.3 Å². The molecule has 12 nitrogen and oxygen atoms in total. The number of non-ortho nitro benzene ring substituents is 1. The van der Waals surface area contributed by atoms with Crippen LogP contribution in [-0.4, -0.2) is 48.6 Å². The van der Waals surface area contributed by atoms with E-state index in [4.69, 9.17) is 14.4 Å². The van der Waals surface area contributed by atoms with Gasteiger partial charge in [-0.25, -0.2) is 13.2 Å². The maximum absolute atomic E-state index is 13.9. The lowest BCUT2D eigenvalue weighted by Gasteiger charge is -2.36. The van der Waals surface area contributed by atoms with Gasteiger partial charge in [-0.15, -0.1) is 0 Å². The maximum Gasteiger partial charge on any atom is 0.413 e. The van der Waals surface area contributed by atoms with Crippen molar-refractivity contribution in [2.24, 2.45) is 5.41 Å². The molecule has 1 aromatic heterocycles. The summed E-state index contributed by atoms with van der Waals surface area (Å²) in [5.41, 5.74) is -0.522. The van der Waals surface area contributed by atoms with Gasteiger partial charge in [0.05, 0.1) is 34.3 Å². The Kier molecular flexibility index (Phi) is 11.2. The third kappa shape index (κ3) is 8.87. The molecule has 1 unspecified atom stereocenters. The van der Waals surface area contributed by atoms with Crippen molar-refractivity contribution in [2.45, 2.75) is 61.9 Å². The predicted molar refractivity (Wildman–Crippen MR) is 153 cm³/mol. The highest BCUT2D eigenvalue weighted by Gasteiger charge is 2.41. The summed E-state index contributed by atoms with van der Waals surface area (Å²) in [7, 11) is -4.22. The number of amides is 1. The molecule has 0 spiro atoms. The van der Waals surface area contributed by atoms with Gasteiger partial charge < -0.3 is 19.6 Å². The molecule has 3 N–H and O–H groups in total. The van der Waals surface area contributed by atoms with E-state index in [1.807, 2.05) is 36.4 Å². The Labute approximate surface area is 244 Å². The van der Waals surface area contributed by atoms with Gasteiger partial charge >= 0.3 is 6.09 Å². The first kappa shape index (κ1) is 32.3. The summed E-state index contributed by atoms with van der Waals surface area (Å²) in [4.78, 5) is 23.0. The second-order valence-corrected chi connectivity index (χ2v) is 12.5. The number of hydrogen-bond acceptors (Lipinski definition) is 10. The van der Waals surface area contributed by atoms with E-state index in [-0.39, 0.29) is 35.7 Å². The maximum atomic E-state index is 13.9. The summed E-state index contributed by atoms with van der Waals surface area (Å²) in [5.74, 6) is 0.167. The van der Waals surface area contributed by atoms with E-state index >= 15 is 0 Å². The molecule has 0 aliphatic heterocycles. The summed E-state index contributed by atoms with van der Waals surface area (Å²) < 4.78 is 37.9. The lowest BCUT2D eigenvalue weighted by atomic mass is 9.86. The van der Waals surface area contributed by atoms with Gasteiger partial charge in [-0.2, -0.15) is 5.26 Å². The van der Waals surface area contributed by atoms with Crippen LogP contribution in [0.1, 0.15) is 38.7 Å². The van der Waals surface area contributed by atoms with Crippen LogP contribution < -0.4 is 15.4 Å². The summed E-state index contributed by atoms with van der Waals surface area (Å²) >= 11 is 0. The zero-order valence-electron chi connectivity index (χ0n) is 23.3. The standard InChI is InChI=1S/C29H34N4O8S/c1-29(2,14-6-7-15-30)27(42(38,39)24-12-8-11-22(18-24)33(36)37)31-19-26(34)25(17-21-9-4-3-5-10-21)32-28(35)41-23-13-16-40-20-23/h3-5,8-13,16,18,20,25-27,31,34H,6-7,14,17,19H2,1-2H3,(H,32,35)/t25-,26+,27?/m0/s1. The molecule has 0 bridgehead atoms. The molecule has 13 heteroatoms. The average molecular weight is 599 g/mol. The number of nitrogens with one attached hydrogen (secondary N) is 2. The Bertz CT molecular complexity index is 1470. The molecule has 0 aliphatic carbocycles. The van der Waals surface area contributed by atoms with Gasteiger partial charge in [0, 0.05) is 31.2 Å². The first-order chi connectivity index (χ1) is 19.9. The van der Waals surface area contributed by atoms with E-state index in [9.17, 15) is 28.4 Å². The van der Waals surface area contributed by atoms with Gasteiger partial charge in [-0.05, 0) is 36.3 Å². The van der Waals surface area contributed by atoms with Crippen LogP contribution in [0.15, 0.2) is 82.5 Å². The summed E-state index contributed by atoms with van der Waals surface area (Å²) in [6, 6.07) is 16.5. The number of benzene rings is 2. The van der Waals surface area contributed by atoms with Crippen molar-refractivity contribution in [1.29, 1.82) is 5.26 Å². The Morgan fingerprint density at radius 1 is 1.19 bits per heavy atom. The van der Waals surface area contributed by atoms with E-state index in [1.165, 1.54) is 36.8 Å². The van der Waals surface area contributed by atoms with Crippen LogP contribution in [0.5, 0.6) is 5.75 Å². The van der Waals surface area contributed by atoms with Gasteiger partial charge in [0.15, 0.2) is 15.6 Å². The highest BCUT2D eigenvalue weighted by atomic mass is 32.2. The molecule has 3 aromatic rings. The highest BCUT2D eigenvalue weighted by molar-refractivity contribution is 7.92. The van der Waals surface area contributed by atoms with E-state index in [1.54, 1.807) is 13.8 Å². The number of ether oxygens (including phenoxy) is 1. The first-order valence-corrected chi connectivity index (χ1v) is 14.8. The topological polar surface area (TPSA) is 185 Å². The summed E-state index contributed by atoms with van der Waals surface area (Å²) in [5, 5.41) is 35.9. The van der Waals surface area contributed by atoms with E-state index in [0.717, 1.165) is 11.6 Å². The minimum absolute atomic E-state index is 0.167. The molecule has 0 saturated heterocycles. The smallest absolute Gasteiger partial charge is 0.413 e. The van der Waals surface area contributed by atoms with E-state index in [0.29, 0.717) is 12.8 Å². The van der Waals surface area contributed by atoms with Crippen LogP contribution in [0.4, 0.5) is 10.5 Å². The molecule has 42 heavy (non-hydrogen) atoms. The number of carbonyl (C=O) groups is 1. The Balaban J connectivity index is 1.87. The van der Waals surface area contributed by atoms with E-state index < -0.39 is 43.8 Å². The SMILES string of the molecule is CC(C)(CCCC#N)C(NC[C@@H](O)[C@H](Cc1ccccc1)NC(=O)Oc1ccoc1)S(=O)(=O)c1cccc([N+](=O)[O-])c1. The minimum Gasteiger partial charge on any atom is -0.469 e. The van der Waals surface area contributed by atoms with Crippen LogP contribution in [0.3, 0.4) is 0 Å². The Morgan fingerprint density at radius 3 is 2.57 bits per heavy atom. The first-order valence-electron chi connectivity index (χ1n) is 13.3. The molecule has 224 valence electrons. The minimum atomic E-state index is -4.22. The van der Waals surface area contributed by atoms with Crippen molar-refractivity contribution < 1.29 is 32.4 Å². The summed E-state index contributed by atoms with van der Waals surface area (Å²) in [6.07, 6.45) is 1.65.